The van der Waals surface area contributed by atoms with Gasteiger partial charge in [0.1, 0.15) is 6.61 Å². The number of hydrogen-bond donors (Lipinski definition) is 0. The lowest BCUT2D eigenvalue weighted by molar-refractivity contribution is 0.0246. The highest BCUT2D eigenvalue weighted by Crippen LogP contribution is 2.28. The van der Waals surface area contributed by atoms with Crippen LogP contribution >= 0.6 is 0 Å². The van der Waals surface area contributed by atoms with Gasteiger partial charge in [-0.3, -0.25) is 0 Å². The minimum atomic E-state index is -1.02. The zero-order valence-corrected chi connectivity index (χ0v) is 13.0. The van der Waals surface area contributed by atoms with Gasteiger partial charge in [0.15, 0.2) is 11.5 Å². The van der Waals surface area contributed by atoms with Gasteiger partial charge >= 0.3 is 0 Å². The van der Waals surface area contributed by atoms with Crippen LogP contribution in [0.3, 0.4) is 0 Å². The minimum absolute atomic E-state index is 0.103. The smallest absolute Gasteiger partial charge is 0.204 e. The molecule has 122 valence electrons. The molecule has 0 amide bonds. The SMILES string of the molecule is CCCC1=CCC(COc2ccc(OCC)c(F)c2F)OC1. The Labute approximate surface area is 129 Å². The summed E-state index contributed by atoms with van der Waals surface area (Å²) in [6, 6.07) is 2.75. The maximum absolute atomic E-state index is 13.9. The third kappa shape index (κ3) is 4.19. The van der Waals surface area contributed by atoms with Crippen LogP contribution in [0.2, 0.25) is 0 Å². The van der Waals surface area contributed by atoms with E-state index in [4.69, 9.17) is 14.2 Å². The molecule has 0 radical (unpaired) electrons. The molecule has 0 aromatic heterocycles. The molecular formula is C17H22F2O3. The van der Waals surface area contributed by atoms with Crippen LogP contribution in [0.15, 0.2) is 23.8 Å². The zero-order valence-electron chi connectivity index (χ0n) is 13.0. The molecule has 1 aliphatic rings. The van der Waals surface area contributed by atoms with Crippen molar-refractivity contribution >= 4 is 0 Å². The van der Waals surface area contributed by atoms with Crippen LogP contribution in [-0.4, -0.2) is 25.9 Å². The first-order valence-corrected chi connectivity index (χ1v) is 7.68. The van der Waals surface area contributed by atoms with Crippen molar-refractivity contribution in [3.05, 3.63) is 35.4 Å². The van der Waals surface area contributed by atoms with E-state index < -0.39 is 11.6 Å². The lowest BCUT2D eigenvalue weighted by Crippen LogP contribution is -2.25. The summed E-state index contributed by atoms with van der Waals surface area (Å²) in [5, 5.41) is 0. The Balaban J connectivity index is 1.91. The highest BCUT2D eigenvalue weighted by atomic mass is 19.2. The number of hydrogen-bond acceptors (Lipinski definition) is 3. The number of halogens is 2. The van der Waals surface area contributed by atoms with Gasteiger partial charge in [-0.05, 0) is 37.5 Å². The van der Waals surface area contributed by atoms with Crippen molar-refractivity contribution in [1.82, 2.24) is 0 Å². The lowest BCUT2D eigenvalue weighted by Gasteiger charge is -2.23. The van der Waals surface area contributed by atoms with E-state index in [-0.39, 0.29) is 30.8 Å². The van der Waals surface area contributed by atoms with Crippen LogP contribution in [-0.2, 0) is 4.74 Å². The summed E-state index contributed by atoms with van der Waals surface area (Å²) < 4.78 is 43.6. The summed E-state index contributed by atoms with van der Waals surface area (Å²) in [7, 11) is 0. The molecule has 1 atom stereocenters. The van der Waals surface area contributed by atoms with E-state index in [1.165, 1.54) is 17.7 Å². The fourth-order valence-corrected chi connectivity index (χ4v) is 2.34. The Bertz CT molecular complexity index is 529. The molecule has 0 spiro atoms. The van der Waals surface area contributed by atoms with Crippen molar-refractivity contribution in [2.24, 2.45) is 0 Å². The third-order valence-electron chi connectivity index (χ3n) is 3.48. The van der Waals surface area contributed by atoms with Gasteiger partial charge in [-0.2, -0.15) is 8.78 Å². The number of ether oxygens (including phenoxy) is 3. The Morgan fingerprint density at radius 2 is 1.82 bits per heavy atom. The van der Waals surface area contributed by atoms with Crippen molar-refractivity contribution in [2.75, 3.05) is 19.8 Å². The molecule has 1 aliphatic heterocycles. The molecule has 0 saturated heterocycles. The van der Waals surface area contributed by atoms with Crippen LogP contribution in [0.5, 0.6) is 11.5 Å². The summed E-state index contributed by atoms with van der Waals surface area (Å²) in [4.78, 5) is 0. The molecular weight excluding hydrogens is 290 g/mol. The summed E-state index contributed by atoms with van der Waals surface area (Å²) in [6.07, 6.45) is 4.88. The molecule has 5 heteroatoms. The molecule has 1 unspecified atom stereocenters. The van der Waals surface area contributed by atoms with Gasteiger partial charge in [0.2, 0.25) is 11.6 Å². The van der Waals surface area contributed by atoms with E-state index in [2.05, 4.69) is 13.0 Å². The molecule has 0 fully saturated rings. The normalized spacial score (nSPS) is 18.0. The second kappa shape index (κ2) is 8.13. The van der Waals surface area contributed by atoms with Crippen molar-refractivity contribution < 1.29 is 23.0 Å². The summed E-state index contributed by atoms with van der Waals surface area (Å²) in [5.74, 6) is -2.26. The topological polar surface area (TPSA) is 27.7 Å². The first-order valence-electron chi connectivity index (χ1n) is 7.68. The fraction of sp³-hybridized carbons (Fsp3) is 0.529. The quantitative estimate of drug-likeness (QED) is 0.704. The van der Waals surface area contributed by atoms with Gasteiger partial charge in [0.25, 0.3) is 0 Å². The van der Waals surface area contributed by atoms with E-state index in [9.17, 15) is 8.78 Å². The molecule has 1 heterocycles. The third-order valence-corrected chi connectivity index (χ3v) is 3.48. The first-order chi connectivity index (χ1) is 10.7. The molecule has 1 aromatic rings. The van der Waals surface area contributed by atoms with Gasteiger partial charge in [-0.15, -0.1) is 0 Å². The predicted octanol–water partition coefficient (Wildman–Crippen LogP) is 4.26. The first kappa shape index (κ1) is 16.7. The second-order valence-electron chi connectivity index (χ2n) is 5.21. The van der Waals surface area contributed by atoms with Crippen molar-refractivity contribution in [1.29, 1.82) is 0 Å². The molecule has 0 saturated carbocycles. The van der Waals surface area contributed by atoms with Crippen LogP contribution in [0.4, 0.5) is 8.78 Å². The molecule has 0 aliphatic carbocycles. The monoisotopic (exact) mass is 312 g/mol. The Morgan fingerprint density at radius 1 is 1.14 bits per heavy atom. The zero-order chi connectivity index (χ0) is 15.9. The lowest BCUT2D eigenvalue weighted by atomic mass is 10.1. The van der Waals surface area contributed by atoms with Crippen molar-refractivity contribution in [2.45, 2.75) is 39.2 Å². The average molecular weight is 312 g/mol. The predicted molar refractivity (Wildman–Crippen MR) is 80.4 cm³/mol. The largest absolute Gasteiger partial charge is 0.491 e. The molecule has 1 aromatic carbocycles. The van der Waals surface area contributed by atoms with Crippen LogP contribution in [0.25, 0.3) is 0 Å². The molecule has 0 N–H and O–H groups in total. The molecule has 0 bridgehead atoms. The molecule has 2 rings (SSSR count). The molecule has 22 heavy (non-hydrogen) atoms. The van der Waals surface area contributed by atoms with Crippen molar-refractivity contribution in [3.63, 3.8) is 0 Å². The van der Waals surface area contributed by atoms with Gasteiger partial charge in [0, 0.05) is 0 Å². The summed E-state index contributed by atoms with van der Waals surface area (Å²) in [5.41, 5.74) is 1.29. The van der Waals surface area contributed by atoms with Crippen LogP contribution < -0.4 is 9.47 Å². The summed E-state index contributed by atoms with van der Waals surface area (Å²) in [6.45, 7) is 4.89. The van der Waals surface area contributed by atoms with Gasteiger partial charge in [-0.1, -0.05) is 19.4 Å². The van der Waals surface area contributed by atoms with Crippen molar-refractivity contribution in [3.8, 4) is 11.5 Å². The van der Waals surface area contributed by atoms with E-state index in [1.807, 2.05) is 0 Å². The Kier molecular flexibility index (Phi) is 6.19. The highest BCUT2D eigenvalue weighted by Gasteiger charge is 2.19. The Hall–Kier alpha value is -1.62. The minimum Gasteiger partial charge on any atom is -0.491 e. The van der Waals surface area contributed by atoms with Gasteiger partial charge in [-0.25, -0.2) is 0 Å². The van der Waals surface area contributed by atoms with E-state index in [0.29, 0.717) is 6.61 Å². The van der Waals surface area contributed by atoms with Crippen LogP contribution in [0.1, 0.15) is 33.1 Å². The fourth-order valence-electron chi connectivity index (χ4n) is 2.34. The second-order valence-corrected chi connectivity index (χ2v) is 5.21. The highest BCUT2D eigenvalue weighted by molar-refractivity contribution is 5.35. The van der Waals surface area contributed by atoms with Crippen LogP contribution in [0, 0.1) is 11.6 Å². The summed E-state index contributed by atoms with van der Waals surface area (Å²) >= 11 is 0. The van der Waals surface area contributed by atoms with E-state index >= 15 is 0 Å². The van der Waals surface area contributed by atoms with Gasteiger partial charge in [0.05, 0.1) is 19.3 Å². The molecule has 3 nitrogen and oxygen atoms in total. The van der Waals surface area contributed by atoms with E-state index in [1.54, 1.807) is 6.92 Å². The maximum atomic E-state index is 13.9. The standard InChI is InChI=1S/C17H22F2O3/c1-3-5-12-6-7-13(21-10-12)11-22-15-9-8-14(20-4-2)16(18)17(15)19/h6,8-9,13H,3-5,7,10-11H2,1-2H3. The van der Waals surface area contributed by atoms with Gasteiger partial charge < -0.3 is 14.2 Å². The average Bonchev–Trinajstić information content (AvgIpc) is 2.53. The Morgan fingerprint density at radius 3 is 2.36 bits per heavy atom. The number of rotatable bonds is 7. The maximum Gasteiger partial charge on any atom is 0.204 e. The van der Waals surface area contributed by atoms with E-state index in [0.717, 1.165) is 19.3 Å². The number of benzene rings is 1.